The molecule has 1 aliphatic carbocycles. The van der Waals surface area contributed by atoms with Crippen molar-refractivity contribution in [3.63, 3.8) is 0 Å². The van der Waals surface area contributed by atoms with Crippen molar-refractivity contribution >= 4 is 22.6 Å². The number of benzene rings is 7. The fraction of sp³-hybridized carbons (Fsp3) is 0.0400. The summed E-state index contributed by atoms with van der Waals surface area (Å²) in [5, 5.41) is 0. The Kier molecular flexibility index (Phi) is 8.62. The van der Waals surface area contributed by atoms with Crippen LogP contribution in [0.3, 0.4) is 0 Å². The van der Waals surface area contributed by atoms with E-state index < -0.39 is 5.41 Å². The number of nitrogens with zero attached hydrogens (tertiary/aromatic N) is 1. The highest BCUT2D eigenvalue weighted by Crippen LogP contribution is 2.60. The molecule has 0 saturated heterocycles. The standard InChI is InChI=1S/C50H39N/c1-3-4-26-46-37(2)50(42-22-13-7-14-23-42,43-24-15-8-16-25-43)49-47(46)27-17-28-48(49)51(44-33-29-40(30-34-44)38-18-9-5-10-19-38)45-35-31-41(32-36-45)39-20-11-6-12-21-39/h3-36H,2H2,1H3/b4-3-,46-26+. The first-order chi connectivity index (χ1) is 25.2. The SMILES string of the molecule is C=C1/C(=C\C=C/C)c2cccc(N(c3ccc(-c4ccccc4)cc3)c3ccc(-c4ccccc4)cc3)c2C1(c1ccccc1)c1ccccc1. The van der Waals surface area contributed by atoms with Gasteiger partial charge in [-0.2, -0.15) is 0 Å². The van der Waals surface area contributed by atoms with E-state index in [1.807, 2.05) is 0 Å². The van der Waals surface area contributed by atoms with Crippen molar-refractivity contribution in [1.29, 1.82) is 0 Å². The highest BCUT2D eigenvalue weighted by molar-refractivity contribution is 5.99. The van der Waals surface area contributed by atoms with E-state index in [0.29, 0.717) is 0 Å². The molecule has 0 amide bonds. The van der Waals surface area contributed by atoms with E-state index in [1.54, 1.807) is 0 Å². The largest absolute Gasteiger partial charge is 0.310 e. The fourth-order valence-corrected chi connectivity index (χ4v) is 7.72. The summed E-state index contributed by atoms with van der Waals surface area (Å²) in [5.74, 6) is 0. The van der Waals surface area contributed by atoms with Crippen LogP contribution in [0.15, 0.2) is 218 Å². The monoisotopic (exact) mass is 653 g/mol. The summed E-state index contributed by atoms with van der Waals surface area (Å²) in [6.45, 7) is 6.99. The molecule has 8 rings (SSSR count). The van der Waals surface area contributed by atoms with Crippen LogP contribution in [0.1, 0.15) is 29.2 Å². The van der Waals surface area contributed by atoms with Crippen molar-refractivity contribution in [2.24, 2.45) is 0 Å². The van der Waals surface area contributed by atoms with Gasteiger partial charge in [-0.25, -0.2) is 0 Å². The minimum absolute atomic E-state index is 0.631. The molecule has 0 bridgehead atoms. The molecule has 1 aliphatic rings. The van der Waals surface area contributed by atoms with Gasteiger partial charge in [0.1, 0.15) is 0 Å². The van der Waals surface area contributed by atoms with E-state index in [1.165, 1.54) is 44.5 Å². The van der Waals surface area contributed by atoms with Gasteiger partial charge in [0, 0.05) is 16.9 Å². The molecule has 0 heterocycles. The van der Waals surface area contributed by atoms with E-state index >= 15 is 0 Å². The van der Waals surface area contributed by atoms with Gasteiger partial charge in [0.05, 0.1) is 11.1 Å². The number of hydrogen-bond acceptors (Lipinski definition) is 1. The van der Waals surface area contributed by atoms with Gasteiger partial charge in [-0.05, 0) is 87.3 Å². The number of rotatable bonds is 8. The fourth-order valence-electron chi connectivity index (χ4n) is 7.72. The molecule has 0 atom stereocenters. The van der Waals surface area contributed by atoms with Crippen LogP contribution in [0.4, 0.5) is 17.1 Å². The number of hydrogen-bond donors (Lipinski definition) is 0. The Balaban J connectivity index is 1.41. The molecule has 0 aromatic heterocycles. The molecule has 7 aromatic rings. The predicted molar refractivity (Wildman–Crippen MR) is 217 cm³/mol. The van der Waals surface area contributed by atoms with Crippen LogP contribution in [0.25, 0.3) is 27.8 Å². The second-order valence-electron chi connectivity index (χ2n) is 12.9. The van der Waals surface area contributed by atoms with Crippen LogP contribution in [0.2, 0.25) is 0 Å². The van der Waals surface area contributed by atoms with Crippen molar-refractivity contribution in [3.8, 4) is 22.3 Å². The highest BCUT2D eigenvalue weighted by atomic mass is 15.1. The molecule has 0 saturated carbocycles. The Morgan fingerprint density at radius 1 is 0.471 bits per heavy atom. The third-order valence-corrected chi connectivity index (χ3v) is 10.1. The van der Waals surface area contributed by atoms with Crippen LogP contribution < -0.4 is 4.90 Å². The van der Waals surface area contributed by atoms with Crippen LogP contribution in [-0.2, 0) is 5.41 Å². The summed E-state index contributed by atoms with van der Waals surface area (Å²) in [6, 6.07) is 67.6. The van der Waals surface area contributed by atoms with Gasteiger partial charge in [-0.15, -0.1) is 0 Å². The van der Waals surface area contributed by atoms with Crippen molar-refractivity contribution in [2.45, 2.75) is 12.3 Å². The zero-order valence-corrected chi connectivity index (χ0v) is 28.8. The summed E-state index contributed by atoms with van der Waals surface area (Å²) >= 11 is 0. The number of fused-ring (bicyclic) bond motifs is 1. The lowest BCUT2D eigenvalue weighted by molar-refractivity contribution is 0.771. The number of allylic oxidation sites excluding steroid dienone is 5. The lowest BCUT2D eigenvalue weighted by atomic mass is 9.67. The predicted octanol–water partition coefficient (Wildman–Crippen LogP) is 13.4. The summed E-state index contributed by atoms with van der Waals surface area (Å²) in [6.07, 6.45) is 6.45. The lowest BCUT2D eigenvalue weighted by Crippen LogP contribution is -2.30. The minimum atomic E-state index is -0.631. The summed E-state index contributed by atoms with van der Waals surface area (Å²) < 4.78 is 0. The van der Waals surface area contributed by atoms with Crippen LogP contribution in [-0.4, -0.2) is 0 Å². The first-order valence-electron chi connectivity index (χ1n) is 17.6. The molecule has 244 valence electrons. The van der Waals surface area contributed by atoms with Crippen molar-refractivity contribution in [3.05, 3.63) is 241 Å². The summed E-state index contributed by atoms with van der Waals surface area (Å²) in [7, 11) is 0. The average molecular weight is 654 g/mol. The van der Waals surface area contributed by atoms with Crippen molar-refractivity contribution in [1.82, 2.24) is 0 Å². The minimum Gasteiger partial charge on any atom is -0.310 e. The molecule has 0 N–H and O–H groups in total. The Labute approximate surface area is 301 Å². The van der Waals surface area contributed by atoms with E-state index in [0.717, 1.165) is 28.2 Å². The third kappa shape index (κ3) is 5.63. The van der Waals surface area contributed by atoms with E-state index in [-0.39, 0.29) is 0 Å². The van der Waals surface area contributed by atoms with Gasteiger partial charge in [0.25, 0.3) is 0 Å². The molecule has 7 aromatic carbocycles. The zero-order valence-electron chi connectivity index (χ0n) is 28.8. The third-order valence-electron chi connectivity index (χ3n) is 10.1. The van der Waals surface area contributed by atoms with Gasteiger partial charge >= 0.3 is 0 Å². The first-order valence-corrected chi connectivity index (χ1v) is 17.6. The second-order valence-corrected chi connectivity index (χ2v) is 12.9. The molecule has 1 nitrogen and oxygen atoms in total. The van der Waals surface area contributed by atoms with Crippen molar-refractivity contribution in [2.75, 3.05) is 4.90 Å². The van der Waals surface area contributed by atoms with Crippen LogP contribution in [0, 0.1) is 0 Å². The normalized spacial score (nSPS) is 14.1. The molecule has 0 spiro atoms. The Morgan fingerprint density at radius 3 is 1.35 bits per heavy atom. The quantitative estimate of drug-likeness (QED) is 0.158. The molecular weight excluding hydrogens is 615 g/mol. The summed E-state index contributed by atoms with van der Waals surface area (Å²) in [4.78, 5) is 2.43. The van der Waals surface area contributed by atoms with E-state index in [9.17, 15) is 0 Å². The van der Waals surface area contributed by atoms with E-state index in [2.05, 4.69) is 218 Å². The Bertz CT molecular complexity index is 2210. The molecule has 0 aliphatic heterocycles. The first kappa shape index (κ1) is 31.8. The molecule has 1 heteroatoms. The molecule has 0 radical (unpaired) electrons. The molecular formula is C50H39N. The van der Waals surface area contributed by atoms with E-state index in [4.69, 9.17) is 6.58 Å². The highest BCUT2D eigenvalue weighted by Gasteiger charge is 2.49. The van der Waals surface area contributed by atoms with Crippen LogP contribution >= 0.6 is 0 Å². The average Bonchev–Trinajstić information content (AvgIpc) is 3.47. The van der Waals surface area contributed by atoms with Gasteiger partial charge in [-0.1, -0.05) is 183 Å². The maximum absolute atomic E-state index is 4.93. The van der Waals surface area contributed by atoms with Crippen LogP contribution in [0.5, 0.6) is 0 Å². The second kappa shape index (κ2) is 13.8. The van der Waals surface area contributed by atoms with Gasteiger partial charge in [0.2, 0.25) is 0 Å². The molecule has 0 fully saturated rings. The maximum atomic E-state index is 4.93. The Morgan fingerprint density at radius 2 is 0.902 bits per heavy atom. The topological polar surface area (TPSA) is 3.24 Å². The molecule has 0 unspecified atom stereocenters. The number of anilines is 3. The lowest BCUT2D eigenvalue weighted by Gasteiger charge is -2.37. The zero-order chi connectivity index (χ0) is 34.6. The smallest absolute Gasteiger partial charge is 0.0728 e. The maximum Gasteiger partial charge on any atom is 0.0728 e. The van der Waals surface area contributed by atoms with Crippen molar-refractivity contribution < 1.29 is 0 Å². The van der Waals surface area contributed by atoms with Gasteiger partial charge in [0.15, 0.2) is 0 Å². The van der Waals surface area contributed by atoms with Gasteiger partial charge < -0.3 is 4.90 Å². The Hall–Kier alpha value is -6.44. The van der Waals surface area contributed by atoms with Gasteiger partial charge in [-0.3, -0.25) is 0 Å². The molecule has 51 heavy (non-hydrogen) atoms. The summed E-state index contributed by atoms with van der Waals surface area (Å²) in [5.41, 5.74) is 14.4.